The van der Waals surface area contributed by atoms with Crippen LogP contribution in [0.15, 0.2) is 17.5 Å². The molecule has 1 aromatic rings. The maximum Gasteiger partial charge on any atom is 0.0745 e. The summed E-state index contributed by atoms with van der Waals surface area (Å²) in [5.74, 6) is 1.50. The van der Waals surface area contributed by atoms with E-state index in [0.717, 1.165) is 57.8 Å². The third kappa shape index (κ3) is 3.39. The van der Waals surface area contributed by atoms with Crippen molar-refractivity contribution < 1.29 is 9.47 Å². The number of thiophene rings is 1. The SMILES string of the molecule is c1csc(CN2CC[C@@H]3CO[C@@H](CN4CCOCC4)[C@@H]3C2)c1. The molecular formula is C17H26N2O2S. The fourth-order valence-corrected chi connectivity index (χ4v) is 4.84. The van der Waals surface area contributed by atoms with Gasteiger partial charge in [-0.15, -0.1) is 11.3 Å². The first-order valence-corrected chi connectivity index (χ1v) is 9.43. The third-order valence-electron chi connectivity index (χ3n) is 5.39. The summed E-state index contributed by atoms with van der Waals surface area (Å²) in [6, 6.07) is 4.42. The van der Waals surface area contributed by atoms with Crippen molar-refractivity contribution in [3.8, 4) is 0 Å². The van der Waals surface area contributed by atoms with Crippen LogP contribution in [0.3, 0.4) is 0 Å². The first-order chi connectivity index (χ1) is 10.9. The molecule has 0 spiro atoms. The van der Waals surface area contributed by atoms with Gasteiger partial charge < -0.3 is 9.47 Å². The zero-order valence-corrected chi connectivity index (χ0v) is 14.0. The van der Waals surface area contributed by atoms with Crippen LogP contribution in [0.1, 0.15) is 11.3 Å². The van der Waals surface area contributed by atoms with Gasteiger partial charge in [0.1, 0.15) is 0 Å². The summed E-state index contributed by atoms with van der Waals surface area (Å²) < 4.78 is 11.6. The van der Waals surface area contributed by atoms with E-state index >= 15 is 0 Å². The van der Waals surface area contributed by atoms with Gasteiger partial charge in [0.05, 0.1) is 25.9 Å². The second-order valence-corrected chi connectivity index (χ2v) is 7.84. The Morgan fingerprint density at radius 3 is 2.91 bits per heavy atom. The zero-order valence-electron chi connectivity index (χ0n) is 13.2. The number of hydrogen-bond acceptors (Lipinski definition) is 5. The van der Waals surface area contributed by atoms with Crippen LogP contribution in [-0.4, -0.2) is 68.4 Å². The van der Waals surface area contributed by atoms with Crippen LogP contribution >= 0.6 is 11.3 Å². The van der Waals surface area contributed by atoms with Gasteiger partial charge in [-0.25, -0.2) is 0 Å². The molecule has 122 valence electrons. The molecule has 3 atom stereocenters. The lowest BCUT2D eigenvalue weighted by Crippen LogP contribution is -2.47. The van der Waals surface area contributed by atoms with Crippen LogP contribution in [0.25, 0.3) is 0 Å². The van der Waals surface area contributed by atoms with E-state index in [1.165, 1.54) is 24.4 Å². The molecule has 0 bridgehead atoms. The maximum absolute atomic E-state index is 6.18. The number of rotatable bonds is 4. The van der Waals surface area contributed by atoms with Crippen LogP contribution in [0.2, 0.25) is 0 Å². The fraction of sp³-hybridized carbons (Fsp3) is 0.765. The molecule has 4 heterocycles. The molecule has 0 aliphatic carbocycles. The summed E-state index contributed by atoms with van der Waals surface area (Å²) in [6.45, 7) is 9.52. The average molecular weight is 322 g/mol. The molecule has 3 aliphatic rings. The lowest BCUT2D eigenvalue weighted by molar-refractivity contribution is -0.00489. The normalized spacial score (nSPS) is 33.9. The average Bonchev–Trinajstić information content (AvgIpc) is 3.19. The highest BCUT2D eigenvalue weighted by Crippen LogP contribution is 2.35. The molecule has 3 fully saturated rings. The summed E-state index contributed by atoms with van der Waals surface area (Å²) in [4.78, 5) is 6.64. The smallest absolute Gasteiger partial charge is 0.0745 e. The van der Waals surface area contributed by atoms with Crippen molar-refractivity contribution in [2.45, 2.75) is 19.1 Å². The van der Waals surface area contributed by atoms with E-state index < -0.39 is 0 Å². The standard InChI is InChI=1S/C17H26N2O2S/c1-2-15(22-9-1)10-19-4-3-14-13-21-17(16(14)11-19)12-18-5-7-20-8-6-18/h1-2,9,14,16-17H,3-8,10-13H2/t14-,16-,17+/m1/s1. The van der Waals surface area contributed by atoms with Crippen LogP contribution in [0, 0.1) is 11.8 Å². The van der Waals surface area contributed by atoms with E-state index in [4.69, 9.17) is 9.47 Å². The lowest BCUT2D eigenvalue weighted by Gasteiger charge is -2.37. The van der Waals surface area contributed by atoms with Gasteiger partial charge in [-0.3, -0.25) is 9.80 Å². The van der Waals surface area contributed by atoms with E-state index in [1.54, 1.807) is 0 Å². The van der Waals surface area contributed by atoms with Gasteiger partial charge in [0.2, 0.25) is 0 Å². The molecule has 0 N–H and O–H groups in total. The predicted octanol–water partition coefficient (Wildman–Crippen LogP) is 1.92. The summed E-state index contributed by atoms with van der Waals surface area (Å²) in [7, 11) is 0. The van der Waals surface area contributed by atoms with E-state index in [1.807, 2.05) is 11.3 Å². The maximum atomic E-state index is 6.18. The van der Waals surface area contributed by atoms with Gasteiger partial charge in [0, 0.05) is 43.5 Å². The van der Waals surface area contributed by atoms with Gasteiger partial charge in [-0.1, -0.05) is 6.07 Å². The topological polar surface area (TPSA) is 24.9 Å². The predicted molar refractivity (Wildman–Crippen MR) is 88.2 cm³/mol. The van der Waals surface area contributed by atoms with Gasteiger partial charge >= 0.3 is 0 Å². The number of hydrogen-bond donors (Lipinski definition) is 0. The molecule has 5 heteroatoms. The Balaban J connectivity index is 1.34. The largest absolute Gasteiger partial charge is 0.379 e. The van der Waals surface area contributed by atoms with Crippen molar-refractivity contribution in [1.82, 2.24) is 9.80 Å². The van der Waals surface area contributed by atoms with Crippen LogP contribution in [-0.2, 0) is 16.0 Å². The van der Waals surface area contributed by atoms with Crippen molar-refractivity contribution in [2.75, 3.05) is 52.5 Å². The summed E-state index contributed by atoms with van der Waals surface area (Å²) in [5.41, 5.74) is 0. The second kappa shape index (κ2) is 6.97. The highest BCUT2D eigenvalue weighted by atomic mass is 32.1. The molecule has 1 aromatic heterocycles. The van der Waals surface area contributed by atoms with E-state index in [0.29, 0.717) is 6.10 Å². The first kappa shape index (κ1) is 15.1. The van der Waals surface area contributed by atoms with Crippen LogP contribution in [0.4, 0.5) is 0 Å². The van der Waals surface area contributed by atoms with Crippen molar-refractivity contribution in [3.63, 3.8) is 0 Å². The van der Waals surface area contributed by atoms with Crippen LogP contribution in [0.5, 0.6) is 0 Å². The summed E-state index contributed by atoms with van der Waals surface area (Å²) in [5, 5.41) is 2.18. The number of nitrogens with zero attached hydrogens (tertiary/aromatic N) is 2. The van der Waals surface area contributed by atoms with Crippen LogP contribution < -0.4 is 0 Å². The van der Waals surface area contributed by atoms with Crippen molar-refractivity contribution in [2.24, 2.45) is 11.8 Å². The lowest BCUT2D eigenvalue weighted by atomic mass is 9.84. The molecule has 3 aliphatic heterocycles. The number of piperidine rings is 1. The molecule has 22 heavy (non-hydrogen) atoms. The Bertz CT molecular complexity index is 461. The number of morpholine rings is 1. The van der Waals surface area contributed by atoms with E-state index in [-0.39, 0.29) is 0 Å². The molecule has 4 rings (SSSR count). The van der Waals surface area contributed by atoms with E-state index in [9.17, 15) is 0 Å². The fourth-order valence-electron chi connectivity index (χ4n) is 4.09. The molecule has 0 saturated carbocycles. The third-order valence-corrected chi connectivity index (χ3v) is 6.26. The summed E-state index contributed by atoms with van der Waals surface area (Å²) >= 11 is 1.88. The monoisotopic (exact) mass is 322 g/mol. The molecule has 4 nitrogen and oxygen atoms in total. The summed E-state index contributed by atoms with van der Waals surface area (Å²) in [6.07, 6.45) is 1.73. The number of fused-ring (bicyclic) bond motifs is 1. The molecule has 0 radical (unpaired) electrons. The molecule has 0 aromatic carbocycles. The quantitative estimate of drug-likeness (QED) is 0.845. The Morgan fingerprint density at radius 2 is 2.09 bits per heavy atom. The zero-order chi connectivity index (χ0) is 14.8. The minimum atomic E-state index is 0.425. The van der Waals surface area contributed by atoms with Gasteiger partial charge in [0.15, 0.2) is 0 Å². The van der Waals surface area contributed by atoms with E-state index in [2.05, 4.69) is 27.3 Å². The van der Waals surface area contributed by atoms with Crippen molar-refractivity contribution in [3.05, 3.63) is 22.4 Å². The highest BCUT2D eigenvalue weighted by Gasteiger charge is 2.41. The minimum absolute atomic E-state index is 0.425. The molecule has 0 amide bonds. The Morgan fingerprint density at radius 1 is 1.18 bits per heavy atom. The second-order valence-electron chi connectivity index (χ2n) is 6.81. The number of ether oxygens (including phenoxy) is 2. The molecular weight excluding hydrogens is 296 g/mol. The molecule has 3 saturated heterocycles. The highest BCUT2D eigenvalue weighted by molar-refractivity contribution is 7.09. The van der Waals surface area contributed by atoms with Gasteiger partial charge in [-0.05, 0) is 30.3 Å². The van der Waals surface area contributed by atoms with Crippen molar-refractivity contribution in [1.29, 1.82) is 0 Å². The van der Waals surface area contributed by atoms with Gasteiger partial charge in [0.25, 0.3) is 0 Å². The Labute approximate surface area is 137 Å². The minimum Gasteiger partial charge on any atom is -0.379 e. The first-order valence-electron chi connectivity index (χ1n) is 8.55. The van der Waals surface area contributed by atoms with Gasteiger partial charge in [-0.2, -0.15) is 0 Å². The Hall–Kier alpha value is -0.460. The molecule has 0 unspecified atom stereocenters. The Kier molecular flexibility index (Phi) is 4.78. The van der Waals surface area contributed by atoms with Crippen molar-refractivity contribution >= 4 is 11.3 Å². The number of likely N-dealkylation sites (tertiary alicyclic amines) is 1.